The van der Waals surface area contributed by atoms with E-state index in [2.05, 4.69) is 15.6 Å². The first-order valence-corrected chi connectivity index (χ1v) is 6.20. The number of rotatable bonds is 3. The van der Waals surface area contributed by atoms with Crippen LogP contribution in [0.4, 0.5) is 5.82 Å². The van der Waals surface area contributed by atoms with E-state index in [-0.39, 0.29) is 0 Å². The molecule has 2 aromatic heterocycles. The average molecular weight is 231 g/mol. The Morgan fingerprint density at radius 1 is 1.47 bits per heavy atom. The van der Waals surface area contributed by atoms with Gasteiger partial charge in [0, 0.05) is 12.7 Å². The van der Waals surface area contributed by atoms with E-state index in [9.17, 15) is 0 Å². The van der Waals surface area contributed by atoms with Crippen LogP contribution in [0.25, 0.3) is 11.0 Å². The van der Waals surface area contributed by atoms with Crippen LogP contribution in [0.3, 0.4) is 0 Å². The molecule has 1 saturated heterocycles. The van der Waals surface area contributed by atoms with Crippen molar-refractivity contribution in [2.45, 2.75) is 12.8 Å². The standard InChI is InChI=1S/C13H17N3O/c1-2-10(8-14-5-1)9-16-13-11-4-7-17-12(11)3-6-15-13/h3-4,6-7,10,14H,1-2,5,8-9H2,(H,15,16). The number of hydrogen-bond donors (Lipinski definition) is 2. The molecule has 2 aromatic rings. The highest BCUT2D eigenvalue weighted by Gasteiger charge is 2.13. The monoisotopic (exact) mass is 231 g/mol. The van der Waals surface area contributed by atoms with Gasteiger partial charge in [-0.25, -0.2) is 4.98 Å². The first-order chi connectivity index (χ1) is 8.43. The largest absolute Gasteiger partial charge is 0.464 e. The molecule has 1 atom stereocenters. The zero-order valence-corrected chi connectivity index (χ0v) is 9.78. The molecule has 0 amide bonds. The van der Waals surface area contributed by atoms with E-state index in [1.807, 2.05) is 12.1 Å². The van der Waals surface area contributed by atoms with Crippen molar-refractivity contribution in [3.63, 3.8) is 0 Å². The summed E-state index contributed by atoms with van der Waals surface area (Å²) in [7, 11) is 0. The number of hydrogen-bond acceptors (Lipinski definition) is 4. The van der Waals surface area contributed by atoms with Crippen LogP contribution in [0, 0.1) is 5.92 Å². The van der Waals surface area contributed by atoms with Gasteiger partial charge in [0.25, 0.3) is 0 Å². The lowest BCUT2D eigenvalue weighted by molar-refractivity contribution is 0.393. The molecular weight excluding hydrogens is 214 g/mol. The van der Waals surface area contributed by atoms with Crippen LogP contribution in [0.15, 0.2) is 29.0 Å². The fraction of sp³-hybridized carbons (Fsp3) is 0.462. The summed E-state index contributed by atoms with van der Waals surface area (Å²) < 4.78 is 5.36. The molecule has 1 fully saturated rings. The normalized spacial score (nSPS) is 20.6. The number of nitrogens with zero attached hydrogens (tertiary/aromatic N) is 1. The van der Waals surface area contributed by atoms with Gasteiger partial charge in [-0.05, 0) is 44.0 Å². The maximum absolute atomic E-state index is 5.36. The minimum Gasteiger partial charge on any atom is -0.464 e. The van der Waals surface area contributed by atoms with Crippen LogP contribution >= 0.6 is 0 Å². The van der Waals surface area contributed by atoms with Crippen LogP contribution in [-0.4, -0.2) is 24.6 Å². The highest BCUT2D eigenvalue weighted by molar-refractivity contribution is 5.87. The minimum atomic E-state index is 0.702. The van der Waals surface area contributed by atoms with Crippen molar-refractivity contribution in [3.05, 3.63) is 24.6 Å². The zero-order chi connectivity index (χ0) is 11.5. The number of aromatic nitrogens is 1. The van der Waals surface area contributed by atoms with E-state index >= 15 is 0 Å². The molecule has 1 aliphatic rings. The second kappa shape index (κ2) is 4.75. The third-order valence-corrected chi connectivity index (χ3v) is 3.34. The van der Waals surface area contributed by atoms with Gasteiger partial charge in [0.1, 0.15) is 11.4 Å². The van der Waals surface area contributed by atoms with E-state index in [1.165, 1.54) is 12.8 Å². The summed E-state index contributed by atoms with van der Waals surface area (Å²) >= 11 is 0. The number of furan rings is 1. The van der Waals surface area contributed by atoms with Crippen molar-refractivity contribution in [1.82, 2.24) is 10.3 Å². The van der Waals surface area contributed by atoms with Crippen LogP contribution in [0.2, 0.25) is 0 Å². The predicted molar refractivity (Wildman–Crippen MR) is 68.1 cm³/mol. The van der Waals surface area contributed by atoms with Gasteiger partial charge in [-0.15, -0.1) is 0 Å². The lowest BCUT2D eigenvalue weighted by Gasteiger charge is -2.23. The smallest absolute Gasteiger partial charge is 0.139 e. The van der Waals surface area contributed by atoms with Crippen molar-refractivity contribution in [1.29, 1.82) is 0 Å². The molecule has 1 unspecified atom stereocenters. The van der Waals surface area contributed by atoms with Crippen molar-refractivity contribution in [2.24, 2.45) is 5.92 Å². The van der Waals surface area contributed by atoms with Gasteiger partial charge in [-0.1, -0.05) is 0 Å². The molecule has 0 aromatic carbocycles. The van der Waals surface area contributed by atoms with Crippen LogP contribution in [-0.2, 0) is 0 Å². The Labute approximate surface area is 100 Å². The van der Waals surface area contributed by atoms with Crippen LogP contribution in [0.5, 0.6) is 0 Å². The van der Waals surface area contributed by atoms with E-state index in [0.717, 1.165) is 36.4 Å². The van der Waals surface area contributed by atoms with Gasteiger partial charge in [0.15, 0.2) is 0 Å². The van der Waals surface area contributed by atoms with Crippen molar-refractivity contribution in [2.75, 3.05) is 25.0 Å². The molecule has 3 rings (SSSR count). The summed E-state index contributed by atoms with van der Waals surface area (Å²) in [5, 5.41) is 7.92. The number of fused-ring (bicyclic) bond motifs is 1. The molecule has 0 radical (unpaired) electrons. The predicted octanol–water partition coefficient (Wildman–Crippen LogP) is 2.24. The third-order valence-electron chi connectivity index (χ3n) is 3.34. The lowest BCUT2D eigenvalue weighted by atomic mass is 10.00. The average Bonchev–Trinajstić information content (AvgIpc) is 2.86. The molecule has 3 heterocycles. The molecule has 0 bridgehead atoms. The third kappa shape index (κ3) is 2.26. The maximum atomic E-state index is 5.36. The van der Waals surface area contributed by atoms with Gasteiger partial charge in [0.2, 0.25) is 0 Å². The first-order valence-electron chi connectivity index (χ1n) is 6.20. The van der Waals surface area contributed by atoms with Gasteiger partial charge in [0.05, 0.1) is 11.6 Å². The molecular formula is C13H17N3O. The molecule has 4 nitrogen and oxygen atoms in total. The quantitative estimate of drug-likeness (QED) is 0.850. The number of pyridine rings is 1. The number of nitrogens with one attached hydrogen (secondary N) is 2. The SMILES string of the molecule is c1cc2occc2c(NCC2CCCNC2)n1. The Kier molecular flexibility index (Phi) is 2.96. The van der Waals surface area contributed by atoms with Gasteiger partial charge >= 0.3 is 0 Å². The fourth-order valence-electron chi connectivity index (χ4n) is 2.37. The molecule has 0 spiro atoms. The van der Waals surface area contributed by atoms with Gasteiger partial charge < -0.3 is 15.1 Å². The zero-order valence-electron chi connectivity index (χ0n) is 9.78. The fourth-order valence-corrected chi connectivity index (χ4v) is 2.37. The van der Waals surface area contributed by atoms with Gasteiger partial charge in [-0.2, -0.15) is 0 Å². The second-order valence-electron chi connectivity index (χ2n) is 4.59. The summed E-state index contributed by atoms with van der Waals surface area (Å²) in [6, 6.07) is 3.85. The summed E-state index contributed by atoms with van der Waals surface area (Å²) in [5.41, 5.74) is 0.893. The summed E-state index contributed by atoms with van der Waals surface area (Å²) in [5.74, 6) is 1.63. The lowest BCUT2D eigenvalue weighted by Crippen LogP contribution is -2.33. The number of piperidine rings is 1. The van der Waals surface area contributed by atoms with Crippen LogP contribution in [0.1, 0.15) is 12.8 Å². The Hall–Kier alpha value is -1.55. The molecule has 90 valence electrons. The highest BCUT2D eigenvalue weighted by atomic mass is 16.3. The Morgan fingerprint density at radius 2 is 2.47 bits per heavy atom. The molecule has 0 aliphatic carbocycles. The summed E-state index contributed by atoms with van der Waals surface area (Å²) in [6.07, 6.45) is 6.06. The topological polar surface area (TPSA) is 50.1 Å². The highest BCUT2D eigenvalue weighted by Crippen LogP contribution is 2.22. The Morgan fingerprint density at radius 3 is 3.35 bits per heavy atom. The van der Waals surface area contributed by atoms with Gasteiger partial charge in [-0.3, -0.25) is 0 Å². The summed E-state index contributed by atoms with van der Waals surface area (Å²) in [6.45, 7) is 3.24. The Balaban J connectivity index is 1.69. The van der Waals surface area contributed by atoms with Crippen LogP contribution < -0.4 is 10.6 Å². The van der Waals surface area contributed by atoms with E-state index in [4.69, 9.17) is 4.42 Å². The first kappa shape index (κ1) is 10.6. The van der Waals surface area contributed by atoms with E-state index < -0.39 is 0 Å². The molecule has 1 aliphatic heterocycles. The minimum absolute atomic E-state index is 0.702. The molecule has 4 heteroatoms. The maximum Gasteiger partial charge on any atom is 0.139 e. The van der Waals surface area contributed by atoms with E-state index in [1.54, 1.807) is 12.5 Å². The Bertz CT molecular complexity index is 488. The van der Waals surface area contributed by atoms with E-state index in [0.29, 0.717) is 5.92 Å². The van der Waals surface area contributed by atoms with Crippen molar-refractivity contribution in [3.8, 4) is 0 Å². The van der Waals surface area contributed by atoms with Crippen molar-refractivity contribution >= 4 is 16.8 Å². The molecule has 17 heavy (non-hydrogen) atoms. The summed E-state index contributed by atoms with van der Waals surface area (Å²) in [4.78, 5) is 4.37. The number of anilines is 1. The molecule has 0 saturated carbocycles. The van der Waals surface area contributed by atoms with Crippen molar-refractivity contribution < 1.29 is 4.42 Å². The molecule has 2 N–H and O–H groups in total. The second-order valence-corrected chi connectivity index (χ2v) is 4.59.